The van der Waals surface area contributed by atoms with Crippen LogP contribution in [0.1, 0.15) is 44.7 Å². The van der Waals surface area contributed by atoms with E-state index in [0.29, 0.717) is 24.6 Å². The first kappa shape index (κ1) is 25.5. The van der Waals surface area contributed by atoms with Crippen molar-refractivity contribution in [3.8, 4) is 0 Å². The number of hydrogen-bond donors (Lipinski definition) is 1. The van der Waals surface area contributed by atoms with Crippen LogP contribution < -0.4 is 21.5 Å². The van der Waals surface area contributed by atoms with Crippen LogP contribution in [0.4, 0.5) is 15.1 Å². The number of halogens is 1. The first-order chi connectivity index (χ1) is 16.9. The van der Waals surface area contributed by atoms with Crippen LogP contribution in [0.5, 0.6) is 0 Å². The molecule has 3 aromatic rings. The summed E-state index contributed by atoms with van der Waals surface area (Å²) in [6.07, 6.45) is 1.05. The van der Waals surface area contributed by atoms with E-state index in [4.69, 9.17) is 9.72 Å². The van der Waals surface area contributed by atoms with Crippen LogP contribution in [0.15, 0.2) is 27.8 Å². The molecule has 0 saturated carbocycles. The number of imidazole rings is 1. The predicted molar refractivity (Wildman–Crippen MR) is 135 cm³/mol. The highest BCUT2D eigenvalue weighted by atomic mass is 19.1. The fourth-order valence-corrected chi connectivity index (χ4v) is 4.56. The second kappa shape index (κ2) is 9.44. The molecule has 1 N–H and O–H groups in total. The number of hydrogen-bond acceptors (Lipinski definition) is 6. The van der Waals surface area contributed by atoms with Gasteiger partial charge in [0.05, 0.1) is 6.54 Å². The number of carbonyl (C=O) groups is 1. The van der Waals surface area contributed by atoms with Crippen LogP contribution >= 0.6 is 0 Å². The summed E-state index contributed by atoms with van der Waals surface area (Å²) in [5, 5.41) is 2.93. The van der Waals surface area contributed by atoms with Crippen LogP contribution in [0.3, 0.4) is 0 Å². The molecule has 0 spiro atoms. The van der Waals surface area contributed by atoms with Gasteiger partial charge >= 0.3 is 11.8 Å². The number of amides is 1. The minimum Gasteiger partial charge on any atom is -0.444 e. The summed E-state index contributed by atoms with van der Waals surface area (Å²) in [5.74, 6) is 0.115. The Kier molecular flexibility index (Phi) is 6.68. The summed E-state index contributed by atoms with van der Waals surface area (Å²) in [5.41, 5.74) is 0.533. The lowest BCUT2D eigenvalue weighted by Gasteiger charge is -2.34. The summed E-state index contributed by atoms with van der Waals surface area (Å²) in [6.45, 7) is 8.59. The number of piperidine rings is 1. The van der Waals surface area contributed by atoms with Crippen molar-refractivity contribution in [3.05, 3.63) is 56.0 Å². The van der Waals surface area contributed by atoms with E-state index in [1.807, 2.05) is 11.8 Å². The van der Waals surface area contributed by atoms with Crippen molar-refractivity contribution in [1.82, 2.24) is 24.0 Å². The van der Waals surface area contributed by atoms with Gasteiger partial charge in [-0.25, -0.2) is 14.0 Å². The van der Waals surface area contributed by atoms with Crippen LogP contribution in [-0.2, 0) is 25.4 Å². The zero-order chi connectivity index (χ0) is 26.4. The lowest BCUT2D eigenvalue weighted by atomic mass is 10.1. The van der Waals surface area contributed by atoms with E-state index in [0.717, 1.165) is 23.0 Å². The minimum atomic E-state index is -0.611. The second-order valence-corrected chi connectivity index (χ2v) is 10.4. The standard InChI is InChI=1S/C25H33FN6O4/c1-15-9-10-17(26)12-16(15)13-32-19-20(29(5)24(35)30(6)21(19)33)28-22(32)31-11-7-8-18(14-31)27-23(34)36-25(2,3)4/h9-10,12,18H,7-8,11,13-14H2,1-6H3,(H,27,34). The van der Waals surface area contributed by atoms with Crippen molar-refractivity contribution in [1.29, 1.82) is 0 Å². The van der Waals surface area contributed by atoms with Crippen LogP contribution in [0.2, 0.25) is 0 Å². The van der Waals surface area contributed by atoms with Gasteiger partial charge in [-0.3, -0.25) is 18.5 Å². The van der Waals surface area contributed by atoms with Gasteiger partial charge in [0.2, 0.25) is 5.95 Å². The predicted octanol–water partition coefficient (Wildman–Crippen LogP) is 2.42. The molecular weight excluding hydrogens is 467 g/mol. The SMILES string of the molecule is Cc1ccc(F)cc1Cn1c(N2CCCC(NC(=O)OC(C)(C)C)C2)nc2c1c(=O)n(C)c(=O)n2C. The van der Waals surface area contributed by atoms with E-state index >= 15 is 0 Å². The number of nitrogens with one attached hydrogen (secondary N) is 1. The maximum atomic E-state index is 14.1. The lowest BCUT2D eigenvalue weighted by Crippen LogP contribution is -2.49. The minimum absolute atomic E-state index is 0.190. The molecule has 2 aromatic heterocycles. The highest BCUT2D eigenvalue weighted by Gasteiger charge is 2.29. The highest BCUT2D eigenvalue weighted by Crippen LogP contribution is 2.25. The van der Waals surface area contributed by atoms with Crippen LogP contribution in [0, 0.1) is 12.7 Å². The zero-order valence-electron chi connectivity index (χ0n) is 21.6. The molecule has 10 nitrogen and oxygen atoms in total. The van der Waals surface area contributed by atoms with Gasteiger partial charge < -0.3 is 15.0 Å². The summed E-state index contributed by atoms with van der Waals surface area (Å²) >= 11 is 0. The normalized spacial score (nSPS) is 16.4. The van der Waals surface area contributed by atoms with E-state index in [-0.39, 0.29) is 29.6 Å². The molecule has 194 valence electrons. The molecule has 0 aliphatic carbocycles. The fraction of sp³-hybridized carbons (Fsp3) is 0.520. The lowest BCUT2D eigenvalue weighted by molar-refractivity contribution is 0.0499. The van der Waals surface area contributed by atoms with Gasteiger partial charge in [0, 0.05) is 33.2 Å². The van der Waals surface area contributed by atoms with Crippen molar-refractivity contribution in [2.24, 2.45) is 14.1 Å². The third kappa shape index (κ3) is 5.00. The van der Waals surface area contributed by atoms with Gasteiger partial charge in [0.1, 0.15) is 11.4 Å². The Labute approximate surface area is 208 Å². The summed E-state index contributed by atoms with van der Waals surface area (Å²) < 4.78 is 23.6. The number of aryl methyl sites for hydroxylation is 2. The highest BCUT2D eigenvalue weighted by molar-refractivity contribution is 5.75. The van der Waals surface area contributed by atoms with Crippen molar-refractivity contribution in [2.45, 2.75) is 58.7 Å². The maximum absolute atomic E-state index is 14.1. The molecule has 1 aromatic carbocycles. The zero-order valence-corrected chi connectivity index (χ0v) is 21.6. The number of rotatable bonds is 4. The first-order valence-corrected chi connectivity index (χ1v) is 12.0. The molecule has 36 heavy (non-hydrogen) atoms. The number of carbonyl (C=O) groups excluding carboxylic acids is 1. The van der Waals surface area contributed by atoms with Gasteiger partial charge in [0.15, 0.2) is 11.2 Å². The Bertz CT molecular complexity index is 1430. The molecule has 1 atom stereocenters. The number of fused-ring (bicyclic) bond motifs is 1. The van der Waals surface area contributed by atoms with Crippen molar-refractivity contribution in [2.75, 3.05) is 18.0 Å². The maximum Gasteiger partial charge on any atom is 0.407 e. The number of nitrogens with zero attached hydrogens (tertiary/aromatic N) is 5. The van der Waals surface area contributed by atoms with E-state index < -0.39 is 22.9 Å². The smallest absolute Gasteiger partial charge is 0.407 e. The van der Waals surface area contributed by atoms with Crippen LogP contribution in [-0.4, -0.2) is 49.5 Å². The Balaban J connectivity index is 1.78. The number of aromatic nitrogens is 4. The van der Waals surface area contributed by atoms with Crippen LogP contribution in [0.25, 0.3) is 11.2 Å². The molecule has 1 unspecified atom stereocenters. The Morgan fingerprint density at radius 2 is 1.94 bits per heavy atom. The Morgan fingerprint density at radius 1 is 1.22 bits per heavy atom. The third-order valence-electron chi connectivity index (χ3n) is 6.39. The molecule has 0 radical (unpaired) electrons. The molecule has 4 rings (SSSR count). The molecule has 1 amide bonds. The monoisotopic (exact) mass is 500 g/mol. The Hall–Kier alpha value is -3.63. The number of alkyl carbamates (subject to hydrolysis) is 1. The summed E-state index contributed by atoms with van der Waals surface area (Å²) in [6, 6.07) is 4.34. The average Bonchev–Trinajstić information content (AvgIpc) is 3.17. The van der Waals surface area contributed by atoms with E-state index in [1.165, 1.54) is 23.7 Å². The molecule has 1 saturated heterocycles. The number of ether oxygens (including phenoxy) is 1. The van der Waals surface area contributed by atoms with E-state index in [9.17, 15) is 18.8 Å². The van der Waals surface area contributed by atoms with Gasteiger partial charge in [-0.1, -0.05) is 6.07 Å². The quantitative estimate of drug-likeness (QED) is 0.590. The molecular formula is C25H33FN6O4. The fourth-order valence-electron chi connectivity index (χ4n) is 4.56. The molecule has 11 heteroatoms. The molecule has 1 aliphatic heterocycles. The largest absolute Gasteiger partial charge is 0.444 e. The molecule has 1 aliphatic rings. The van der Waals surface area contributed by atoms with Crippen molar-refractivity contribution < 1.29 is 13.9 Å². The summed E-state index contributed by atoms with van der Waals surface area (Å²) in [4.78, 5) is 44.9. The average molecular weight is 501 g/mol. The van der Waals surface area contributed by atoms with Gasteiger partial charge in [-0.05, 0) is 63.8 Å². The number of anilines is 1. The molecule has 0 bridgehead atoms. The second-order valence-electron chi connectivity index (χ2n) is 10.4. The van der Waals surface area contributed by atoms with Crippen molar-refractivity contribution in [3.63, 3.8) is 0 Å². The van der Waals surface area contributed by atoms with E-state index in [2.05, 4.69) is 5.32 Å². The van der Waals surface area contributed by atoms with E-state index in [1.54, 1.807) is 38.5 Å². The Morgan fingerprint density at radius 3 is 2.64 bits per heavy atom. The number of benzene rings is 1. The summed E-state index contributed by atoms with van der Waals surface area (Å²) in [7, 11) is 3.00. The van der Waals surface area contributed by atoms with Gasteiger partial charge in [-0.2, -0.15) is 4.98 Å². The topological polar surface area (TPSA) is 103 Å². The molecule has 3 heterocycles. The van der Waals surface area contributed by atoms with Crippen molar-refractivity contribution >= 4 is 23.2 Å². The van der Waals surface area contributed by atoms with Gasteiger partial charge in [0.25, 0.3) is 5.56 Å². The van der Waals surface area contributed by atoms with Gasteiger partial charge in [-0.15, -0.1) is 0 Å². The first-order valence-electron chi connectivity index (χ1n) is 12.0. The molecule has 1 fully saturated rings. The third-order valence-corrected chi connectivity index (χ3v) is 6.39.